The molecule has 6 nitrogen and oxygen atoms in total. The van der Waals surface area contributed by atoms with Crippen molar-refractivity contribution in [2.24, 2.45) is 0 Å². The van der Waals surface area contributed by atoms with Crippen LogP contribution in [0.4, 0.5) is 9.59 Å². The number of fused-ring (bicyclic) bond motifs is 2. The Bertz CT molecular complexity index is 1390. The number of nitrogens with zero attached hydrogens (tertiary/aromatic N) is 1. The molecule has 0 aliphatic rings. The Kier molecular flexibility index (Phi) is 4.34. The quantitative estimate of drug-likeness (QED) is 0.148. The van der Waals surface area contributed by atoms with Crippen LogP contribution in [-0.2, 0) is 4.74 Å². The summed E-state index contributed by atoms with van der Waals surface area (Å²) in [5.74, 6) is 0. The molecule has 0 radical (unpaired) electrons. The highest BCUT2D eigenvalue weighted by Gasteiger charge is 2.13. The predicted octanol–water partition coefficient (Wildman–Crippen LogP) is 5.97. The van der Waals surface area contributed by atoms with Gasteiger partial charge in [-0.15, -0.1) is 0 Å². The average molecular weight is 383 g/mol. The Morgan fingerprint density at radius 3 is 1.69 bits per heavy atom. The summed E-state index contributed by atoms with van der Waals surface area (Å²) in [5, 5.41) is 34.2. The van der Waals surface area contributed by atoms with Crippen molar-refractivity contribution in [2.75, 3.05) is 0 Å². The molecule has 0 saturated heterocycles. The molecule has 0 unspecified atom stereocenters. The third kappa shape index (κ3) is 3.01. The van der Waals surface area contributed by atoms with Gasteiger partial charge in [-0.05, 0) is 43.8 Å². The van der Waals surface area contributed by atoms with E-state index < -0.39 is 12.3 Å². The number of hydrogen-bond acceptors (Lipinski definition) is 4. The van der Waals surface area contributed by atoms with Crippen molar-refractivity contribution in [3.05, 3.63) is 72.3 Å². The predicted molar refractivity (Wildman–Crippen MR) is 110 cm³/mol. The molecular weight excluding hydrogens is 370 g/mol. The van der Waals surface area contributed by atoms with Gasteiger partial charge < -0.3 is 14.9 Å². The van der Waals surface area contributed by atoms with Gasteiger partial charge in [0.1, 0.15) is 0 Å². The first kappa shape index (κ1) is 18.0. The topological polar surface area (TPSA) is 108 Å². The molecule has 140 valence electrons. The van der Waals surface area contributed by atoms with E-state index >= 15 is 0 Å². The van der Waals surface area contributed by atoms with E-state index in [0.717, 1.165) is 10.9 Å². The normalized spacial score (nSPS) is 10.6. The summed E-state index contributed by atoms with van der Waals surface area (Å²) in [7, 11) is 0. The summed E-state index contributed by atoms with van der Waals surface area (Å²) in [6.45, 7) is 0. The molecule has 0 fully saturated rings. The van der Waals surface area contributed by atoms with E-state index in [0.29, 0.717) is 0 Å². The molecule has 2 N–H and O–H groups in total. The van der Waals surface area contributed by atoms with E-state index in [1.807, 2.05) is 6.07 Å². The lowest BCUT2D eigenvalue weighted by Crippen LogP contribution is -2.05. The second-order valence-corrected chi connectivity index (χ2v) is 6.34. The van der Waals surface area contributed by atoms with Crippen LogP contribution >= 0.6 is 0 Å². The van der Waals surface area contributed by atoms with Crippen LogP contribution in [0, 0.1) is 11.3 Å². The second-order valence-electron chi connectivity index (χ2n) is 6.34. The third-order valence-electron chi connectivity index (χ3n) is 4.82. The number of carbonyl (C=O) groups is 2. The first-order valence-electron chi connectivity index (χ1n) is 8.63. The molecule has 0 atom stereocenters. The van der Waals surface area contributed by atoms with E-state index in [4.69, 9.17) is 10.2 Å². The number of benzene rings is 5. The van der Waals surface area contributed by atoms with Gasteiger partial charge in [0, 0.05) is 5.39 Å². The first-order valence-corrected chi connectivity index (χ1v) is 8.63. The maximum absolute atomic E-state index is 9.41. The summed E-state index contributed by atoms with van der Waals surface area (Å²) in [6.07, 6.45) is -3.62. The molecule has 0 aromatic heterocycles. The van der Waals surface area contributed by atoms with Crippen molar-refractivity contribution in [2.45, 2.75) is 0 Å². The van der Waals surface area contributed by atoms with Gasteiger partial charge in [0.15, 0.2) is 0 Å². The number of carboxylic acid groups (broad SMARTS) is 2. The zero-order chi connectivity index (χ0) is 20.5. The molecule has 5 aromatic rings. The first-order chi connectivity index (χ1) is 14.0. The number of hydrogen-bond donors (Lipinski definition) is 2. The van der Waals surface area contributed by atoms with E-state index in [1.165, 1.54) is 37.7 Å². The van der Waals surface area contributed by atoms with E-state index in [2.05, 4.69) is 71.5 Å². The molecule has 0 heterocycles. The lowest BCUT2D eigenvalue weighted by Gasteiger charge is -2.14. The van der Waals surface area contributed by atoms with Crippen LogP contribution in [-0.4, -0.2) is 22.5 Å². The zero-order valence-electron chi connectivity index (χ0n) is 14.9. The third-order valence-corrected chi connectivity index (χ3v) is 4.82. The highest BCUT2D eigenvalue weighted by atomic mass is 16.7. The van der Waals surface area contributed by atoms with Crippen molar-refractivity contribution in [3.8, 4) is 6.07 Å². The monoisotopic (exact) mass is 383 g/mol. The van der Waals surface area contributed by atoms with E-state index in [-0.39, 0.29) is 0 Å². The van der Waals surface area contributed by atoms with E-state index in [1.54, 1.807) is 0 Å². The average Bonchev–Trinajstić information content (AvgIpc) is 2.71. The van der Waals surface area contributed by atoms with Crippen LogP contribution in [0.5, 0.6) is 0 Å². The molecule has 5 rings (SSSR count). The fourth-order valence-electron chi connectivity index (χ4n) is 3.82. The molecule has 0 aliphatic heterocycles. The molecule has 0 saturated carbocycles. The van der Waals surface area contributed by atoms with Gasteiger partial charge >= 0.3 is 12.3 Å². The molecule has 0 amide bonds. The van der Waals surface area contributed by atoms with Crippen LogP contribution in [0.15, 0.2) is 66.7 Å². The van der Waals surface area contributed by atoms with Gasteiger partial charge in [0.25, 0.3) is 0 Å². The molecule has 0 bridgehead atoms. The van der Waals surface area contributed by atoms with Gasteiger partial charge in [-0.2, -0.15) is 5.26 Å². The Morgan fingerprint density at radius 2 is 1.17 bits per heavy atom. The minimum Gasteiger partial charge on any atom is -0.449 e. The fourth-order valence-corrected chi connectivity index (χ4v) is 3.82. The van der Waals surface area contributed by atoms with Crippen molar-refractivity contribution >= 4 is 55.4 Å². The minimum atomic E-state index is -1.81. The molecule has 29 heavy (non-hydrogen) atoms. The standard InChI is InChI=1S/C21H11N.C2H2O5/c22-12-14-10-11-19-17-8-2-5-13-4-1-7-16(20(13)17)18-9-3-6-15(14)21(18)19;3-1(4)7-2(5)6/h1-11H;(H,3,4)(H,5,6). The smallest absolute Gasteiger partial charge is 0.449 e. The number of nitriles is 1. The van der Waals surface area contributed by atoms with Crippen molar-refractivity contribution in [3.63, 3.8) is 0 Å². The Morgan fingerprint density at radius 1 is 0.690 bits per heavy atom. The van der Waals surface area contributed by atoms with Crippen molar-refractivity contribution in [1.29, 1.82) is 5.26 Å². The minimum absolute atomic E-state index is 0.743. The molecule has 0 spiro atoms. The van der Waals surface area contributed by atoms with Crippen LogP contribution < -0.4 is 0 Å². The summed E-state index contributed by atoms with van der Waals surface area (Å²) in [4.78, 5) is 18.4. The Labute approximate surface area is 164 Å². The van der Waals surface area contributed by atoms with Crippen molar-refractivity contribution in [1.82, 2.24) is 0 Å². The molecular formula is C23H13NO5. The van der Waals surface area contributed by atoms with Gasteiger partial charge in [-0.3, -0.25) is 0 Å². The van der Waals surface area contributed by atoms with Gasteiger partial charge in [0.05, 0.1) is 11.6 Å². The van der Waals surface area contributed by atoms with Crippen LogP contribution in [0.25, 0.3) is 43.1 Å². The number of rotatable bonds is 0. The lowest BCUT2D eigenvalue weighted by molar-refractivity contribution is 0.0802. The van der Waals surface area contributed by atoms with E-state index in [9.17, 15) is 14.9 Å². The Hall–Kier alpha value is -4.37. The van der Waals surface area contributed by atoms with Gasteiger partial charge in [-0.1, -0.05) is 60.7 Å². The second kappa shape index (κ2) is 6.98. The maximum atomic E-state index is 9.41. The highest BCUT2D eigenvalue weighted by molar-refractivity contribution is 6.33. The van der Waals surface area contributed by atoms with Crippen LogP contribution in [0.1, 0.15) is 5.56 Å². The Balaban J connectivity index is 0.000000255. The zero-order valence-corrected chi connectivity index (χ0v) is 14.9. The summed E-state index contributed by atoms with van der Waals surface area (Å²) in [6, 6.07) is 25.5. The SMILES string of the molecule is N#Cc1ccc2c3cccc4cccc(c5cccc1c52)c43.O=C(O)OC(=O)O. The van der Waals surface area contributed by atoms with Crippen LogP contribution in [0.2, 0.25) is 0 Å². The highest BCUT2D eigenvalue weighted by Crippen LogP contribution is 2.40. The number of ether oxygens (including phenoxy) is 1. The summed E-state index contributed by atoms with van der Waals surface area (Å²) in [5.41, 5.74) is 0.743. The van der Waals surface area contributed by atoms with Gasteiger partial charge in [-0.25, -0.2) is 9.59 Å². The maximum Gasteiger partial charge on any atom is 0.516 e. The summed E-state index contributed by atoms with van der Waals surface area (Å²) >= 11 is 0. The summed E-state index contributed by atoms with van der Waals surface area (Å²) < 4.78 is 3.08. The lowest BCUT2D eigenvalue weighted by atomic mass is 9.89. The molecule has 6 heteroatoms. The molecule has 5 aromatic carbocycles. The van der Waals surface area contributed by atoms with Crippen LogP contribution in [0.3, 0.4) is 0 Å². The van der Waals surface area contributed by atoms with Gasteiger partial charge in [0.2, 0.25) is 0 Å². The fraction of sp³-hybridized carbons (Fsp3) is 0. The largest absolute Gasteiger partial charge is 0.516 e. The van der Waals surface area contributed by atoms with Crippen molar-refractivity contribution < 1.29 is 24.5 Å². The molecule has 0 aliphatic carbocycles.